The number of benzene rings is 3. The Labute approximate surface area is 179 Å². The quantitative estimate of drug-likeness (QED) is 0.359. The lowest BCUT2D eigenvalue weighted by Gasteiger charge is -2.21. The standard InChI is InChI=1S/C28H30N2/c1-17-19(3)28(24-9-12-26-23(15-24)13-14-29-26)20(4)18(2)27(17)22-7-10-25(11-8-22)30-16-21-5-6-21/h7-15,21,29-30H,5-6,16H2,1-4H3. The maximum atomic E-state index is 3.58. The Morgan fingerprint density at radius 1 is 0.767 bits per heavy atom. The fraction of sp³-hybridized carbons (Fsp3) is 0.286. The minimum absolute atomic E-state index is 0.887. The molecule has 1 heterocycles. The van der Waals surface area contributed by atoms with E-state index in [0.29, 0.717) is 0 Å². The van der Waals surface area contributed by atoms with Crippen molar-refractivity contribution in [3.05, 3.63) is 77.0 Å². The van der Waals surface area contributed by atoms with Crippen molar-refractivity contribution in [3.8, 4) is 22.3 Å². The zero-order valence-corrected chi connectivity index (χ0v) is 18.4. The van der Waals surface area contributed by atoms with Crippen molar-refractivity contribution in [2.75, 3.05) is 11.9 Å². The van der Waals surface area contributed by atoms with Crippen LogP contribution in [-0.4, -0.2) is 11.5 Å². The molecule has 5 rings (SSSR count). The molecule has 152 valence electrons. The number of anilines is 1. The summed E-state index contributed by atoms with van der Waals surface area (Å²) in [5, 5.41) is 4.84. The van der Waals surface area contributed by atoms with Crippen LogP contribution in [0.2, 0.25) is 0 Å². The van der Waals surface area contributed by atoms with Gasteiger partial charge < -0.3 is 10.3 Å². The molecule has 0 bridgehead atoms. The van der Waals surface area contributed by atoms with Gasteiger partial charge in [-0.15, -0.1) is 0 Å². The van der Waals surface area contributed by atoms with Gasteiger partial charge in [0.2, 0.25) is 0 Å². The first-order chi connectivity index (χ1) is 14.5. The topological polar surface area (TPSA) is 27.8 Å². The van der Waals surface area contributed by atoms with Crippen molar-refractivity contribution in [2.24, 2.45) is 5.92 Å². The van der Waals surface area contributed by atoms with Crippen molar-refractivity contribution >= 4 is 16.6 Å². The molecule has 1 aromatic heterocycles. The molecule has 0 unspecified atom stereocenters. The third-order valence-corrected chi connectivity index (χ3v) is 6.93. The summed E-state index contributed by atoms with van der Waals surface area (Å²) >= 11 is 0. The van der Waals surface area contributed by atoms with Crippen LogP contribution in [-0.2, 0) is 0 Å². The number of fused-ring (bicyclic) bond motifs is 1. The largest absolute Gasteiger partial charge is 0.385 e. The minimum atomic E-state index is 0.887. The highest BCUT2D eigenvalue weighted by Crippen LogP contribution is 2.40. The molecule has 1 saturated carbocycles. The first-order valence-electron chi connectivity index (χ1n) is 11.0. The fourth-order valence-electron chi connectivity index (χ4n) is 4.73. The van der Waals surface area contributed by atoms with Gasteiger partial charge in [-0.1, -0.05) is 18.2 Å². The van der Waals surface area contributed by atoms with E-state index in [-0.39, 0.29) is 0 Å². The number of aromatic amines is 1. The summed E-state index contributed by atoms with van der Waals surface area (Å²) in [6.07, 6.45) is 4.77. The van der Waals surface area contributed by atoms with Gasteiger partial charge in [-0.3, -0.25) is 0 Å². The highest BCUT2D eigenvalue weighted by Gasteiger charge is 2.21. The monoisotopic (exact) mass is 394 g/mol. The molecule has 1 aliphatic carbocycles. The molecule has 0 atom stereocenters. The van der Waals surface area contributed by atoms with Gasteiger partial charge in [-0.25, -0.2) is 0 Å². The van der Waals surface area contributed by atoms with Gasteiger partial charge in [0.25, 0.3) is 0 Å². The third-order valence-electron chi connectivity index (χ3n) is 6.93. The fourth-order valence-corrected chi connectivity index (χ4v) is 4.73. The van der Waals surface area contributed by atoms with E-state index in [1.54, 1.807) is 0 Å². The van der Waals surface area contributed by atoms with E-state index in [9.17, 15) is 0 Å². The smallest absolute Gasteiger partial charge is 0.0454 e. The van der Waals surface area contributed by atoms with E-state index in [1.807, 2.05) is 6.20 Å². The summed E-state index contributed by atoms with van der Waals surface area (Å²) in [6, 6.07) is 17.9. The molecule has 2 N–H and O–H groups in total. The Kier molecular flexibility index (Phi) is 4.66. The van der Waals surface area contributed by atoms with Crippen LogP contribution in [0.1, 0.15) is 35.1 Å². The Bertz CT molecular complexity index is 1190. The van der Waals surface area contributed by atoms with Gasteiger partial charge >= 0.3 is 0 Å². The second-order valence-corrected chi connectivity index (χ2v) is 8.93. The molecule has 0 saturated heterocycles. The first-order valence-corrected chi connectivity index (χ1v) is 11.0. The maximum absolute atomic E-state index is 3.58. The van der Waals surface area contributed by atoms with E-state index in [2.05, 4.69) is 86.5 Å². The van der Waals surface area contributed by atoms with E-state index < -0.39 is 0 Å². The lowest BCUT2D eigenvalue weighted by atomic mass is 9.83. The van der Waals surface area contributed by atoms with Crippen LogP contribution in [0, 0.1) is 33.6 Å². The molecule has 0 aliphatic heterocycles. The summed E-state index contributed by atoms with van der Waals surface area (Å²) in [6.45, 7) is 10.2. The van der Waals surface area contributed by atoms with Crippen molar-refractivity contribution in [3.63, 3.8) is 0 Å². The summed E-state index contributed by atoms with van der Waals surface area (Å²) in [4.78, 5) is 3.30. The number of aromatic nitrogens is 1. The normalized spacial score (nSPS) is 13.7. The zero-order valence-electron chi connectivity index (χ0n) is 18.4. The summed E-state index contributed by atoms with van der Waals surface area (Å²) in [5.74, 6) is 0.887. The number of hydrogen-bond acceptors (Lipinski definition) is 1. The summed E-state index contributed by atoms with van der Waals surface area (Å²) in [5.41, 5.74) is 13.3. The molecular formula is C28H30N2. The first kappa shape index (κ1) is 19.0. The average Bonchev–Trinajstić information content (AvgIpc) is 3.47. The van der Waals surface area contributed by atoms with Crippen molar-refractivity contribution < 1.29 is 0 Å². The Hall–Kier alpha value is -3.00. The lowest BCUT2D eigenvalue weighted by Crippen LogP contribution is -2.03. The van der Waals surface area contributed by atoms with Crippen molar-refractivity contribution in [1.29, 1.82) is 0 Å². The molecule has 1 fully saturated rings. The van der Waals surface area contributed by atoms with Gasteiger partial charge in [0.05, 0.1) is 0 Å². The molecule has 1 aliphatic rings. The Morgan fingerprint density at radius 2 is 1.37 bits per heavy atom. The second kappa shape index (κ2) is 7.36. The molecule has 4 aromatic rings. The van der Waals surface area contributed by atoms with E-state index in [1.165, 1.54) is 73.9 Å². The molecular weight excluding hydrogens is 364 g/mol. The predicted molar refractivity (Wildman–Crippen MR) is 129 cm³/mol. The van der Waals surface area contributed by atoms with E-state index in [0.717, 1.165) is 12.5 Å². The number of rotatable bonds is 5. The number of H-pyrrole nitrogens is 1. The van der Waals surface area contributed by atoms with Gasteiger partial charge in [0, 0.05) is 23.9 Å². The molecule has 0 spiro atoms. The van der Waals surface area contributed by atoms with Crippen LogP contribution in [0.3, 0.4) is 0 Å². The molecule has 3 aromatic carbocycles. The highest BCUT2D eigenvalue weighted by atomic mass is 14.9. The minimum Gasteiger partial charge on any atom is -0.385 e. The number of nitrogens with one attached hydrogen (secondary N) is 2. The van der Waals surface area contributed by atoms with Crippen LogP contribution in [0.15, 0.2) is 54.7 Å². The van der Waals surface area contributed by atoms with Gasteiger partial charge in [-0.05, 0) is 127 Å². The summed E-state index contributed by atoms with van der Waals surface area (Å²) < 4.78 is 0. The van der Waals surface area contributed by atoms with Crippen molar-refractivity contribution in [2.45, 2.75) is 40.5 Å². The van der Waals surface area contributed by atoms with Crippen molar-refractivity contribution in [1.82, 2.24) is 4.98 Å². The highest BCUT2D eigenvalue weighted by molar-refractivity contribution is 5.89. The van der Waals surface area contributed by atoms with Crippen LogP contribution in [0.25, 0.3) is 33.2 Å². The zero-order chi connectivity index (χ0) is 20.8. The van der Waals surface area contributed by atoms with Crippen LogP contribution < -0.4 is 5.32 Å². The van der Waals surface area contributed by atoms with Gasteiger partial charge in [0.15, 0.2) is 0 Å². The van der Waals surface area contributed by atoms with E-state index in [4.69, 9.17) is 0 Å². The molecule has 2 nitrogen and oxygen atoms in total. The predicted octanol–water partition coefficient (Wildman–Crippen LogP) is 7.56. The molecule has 30 heavy (non-hydrogen) atoms. The SMILES string of the molecule is Cc1c(C)c(-c2ccc3[nH]ccc3c2)c(C)c(C)c1-c1ccc(NCC2CC2)cc1. The van der Waals surface area contributed by atoms with Crippen LogP contribution >= 0.6 is 0 Å². The lowest BCUT2D eigenvalue weighted by molar-refractivity contribution is 0.889. The van der Waals surface area contributed by atoms with E-state index >= 15 is 0 Å². The van der Waals surface area contributed by atoms with Gasteiger partial charge in [-0.2, -0.15) is 0 Å². The average molecular weight is 395 g/mol. The molecule has 0 radical (unpaired) electrons. The second-order valence-electron chi connectivity index (χ2n) is 8.93. The van der Waals surface area contributed by atoms with Crippen LogP contribution in [0.4, 0.5) is 5.69 Å². The molecule has 2 heteroatoms. The van der Waals surface area contributed by atoms with Crippen LogP contribution in [0.5, 0.6) is 0 Å². The Balaban J connectivity index is 1.55. The Morgan fingerprint density at radius 3 is 2.00 bits per heavy atom. The van der Waals surface area contributed by atoms with Gasteiger partial charge in [0.1, 0.15) is 0 Å². The maximum Gasteiger partial charge on any atom is 0.0454 e. The third kappa shape index (κ3) is 3.31. The number of hydrogen-bond donors (Lipinski definition) is 2. The summed E-state index contributed by atoms with van der Waals surface area (Å²) in [7, 11) is 0. The molecule has 0 amide bonds.